The minimum Gasteiger partial charge on any atom is -0.393 e. The average molecular weight is 265 g/mol. The van der Waals surface area contributed by atoms with Crippen LogP contribution in [0.4, 0.5) is 4.39 Å². The Labute approximate surface area is 115 Å². The highest BCUT2D eigenvalue weighted by Crippen LogP contribution is 2.23. The summed E-state index contributed by atoms with van der Waals surface area (Å²) in [7, 11) is 0. The molecule has 0 spiro atoms. The third-order valence-corrected chi connectivity index (χ3v) is 4.20. The number of aliphatic hydroxyl groups is 1. The molecule has 0 aromatic heterocycles. The van der Waals surface area contributed by atoms with Crippen LogP contribution < -0.4 is 0 Å². The first-order chi connectivity index (χ1) is 9.06. The predicted octanol–water partition coefficient (Wildman–Crippen LogP) is 3.02. The van der Waals surface area contributed by atoms with E-state index in [-0.39, 0.29) is 11.9 Å². The number of halogens is 1. The molecule has 1 saturated heterocycles. The quantitative estimate of drug-likeness (QED) is 0.904. The lowest BCUT2D eigenvalue weighted by Gasteiger charge is -2.35. The van der Waals surface area contributed by atoms with Crippen molar-refractivity contribution in [1.82, 2.24) is 4.90 Å². The Morgan fingerprint density at radius 3 is 2.63 bits per heavy atom. The van der Waals surface area contributed by atoms with Gasteiger partial charge in [0.2, 0.25) is 0 Å². The van der Waals surface area contributed by atoms with Gasteiger partial charge in [0.05, 0.1) is 6.10 Å². The van der Waals surface area contributed by atoms with Gasteiger partial charge in [0, 0.05) is 13.1 Å². The van der Waals surface area contributed by atoms with E-state index in [0.29, 0.717) is 11.8 Å². The Morgan fingerprint density at radius 2 is 2.00 bits per heavy atom. The van der Waals surface area contributed by atoms with E-state index in [1.54, 1.807) is 0 Å². The normalized spacial score (nSPS) is 24.1. The zero-order chi connectivity index (χ0) is 13.8. The van der Waals surface area contributed by atoms with Gasteiger partial charge in [-0.25, -0.2) is 4.39 Å². The molecule has 19 heavy (non-hydrogen) atoms. The van der Waals surface area contributed by atoms with Gasteiger partial charge in [0.15, 0.2) is 0 Å². The van der Waals surface area contributed by atoms with Gasteiger partial charge in [-0.05, 0) is 55.8 Å². The fourth-order valence-corrected chi connectivity index (χ4v) is 2.93. The van der Waals surface area contributed by atoms with Crippen LogP contribution in [0.1, 0.15) is 38.2 Å². The van der Waals surface area contributed by atoms with E-state index < -0.39 is 0 Å². The third-order valence-electron chi connectivity index (χ3n) is 4.20. The first-order valence-electron chi connectivity index (χ1n) is 7.22. The maximum Gasteiger partial charge on any atom is 0.123 e. The van der Waals surface area contributed by atoms with E-state index in [2.05, 4.69) is 11.8 Å². The summed E-state index contributed by atoms with van der Waals surface area (Å²) in [5.74, 6) is 0.616. The second-order valence-corrected chi connectivity index (χ2v) is 5.86. The summed E-state index contributed by atoms with van der Waals surface area (Å²) < 4.78 is 12.9. The molecular weight excluding hydrogens is 241 g/mol. The molecule has 1 aromatic rings. The van der Waals surface area contributed by atoms with Crippen molar-refractivity contribution in [2.24, 2.45) is 5.92 Å². The Morgan fingerprint density at radius 1 is 1.32 bits per heavy atom. The fourth-order valence-electron chi connectivity index (χ4n) is 2.93. The molecule has 0 bridgehead atoms. The smallest absolute Gasteiger partial charge is 0.123 e. The van der Waals surface area contributed by atoms with Gasteiger partial charge in [0.25, 0.3) is 0 Å². The Bertz CT molecular complexity index is 390. The molecule has 0 aliphatic carbocycles. The van der Waals surface area contributed by atoms with Gasteiger partial charge < -0.3 is 10.0 Å². The van der Waals surface area contributed by atoms with Gasteiger partial charge in [-0.2, -0.15) is 0 Å². The van der Waals surface area contributed by atoms with Crippen molar-refractivity contribution in [3.63, 3.8) is 0 Å². The SMILES string of the molecule is CC(CN1CCCC(C(C)O)C1)c1ccc(F)cc1. The van der Waals surface area contributed by atoms with Gasteiger partial charge in [-0.3, -0.25) is 0 Å². The number of rotatable bonds is 4. The van der Waals surface area contributed by atoms with E-state index in [1.807, 2.05) is 19.1 Å². The summed E-state index contributed by atoms with van der Waals surface area (Å²) >= 11 is 0. The molecule has 1 heterocycles. The van der Waals surface area contributed by atoms with Crippen LogP contribution in [0.5, 0.6) is 0 Å². The van der Waals surface area contributed by atoms with Crippen LogP contribution in [0, 0.1) is 11.7 Å². The molecule has 106 valence electrons. The van der Waals surface area contributed by atoms with Crippen LogP contribution in [0.15, 0.2) is 24.3 Å². The molecule has 2 nitrogen and oxygen atoms in total. The Balaban J connectivity index is 1.91. The molecule has 3 atom stereocenters. The highest BCUT2D eigenvalue weighted by Gasteiger charge is 2.24. The molecule has 0 saturated carbocycles. The minimum atomic E-state index is -0.219. The molecule has 1 aliphatic heterocycles. The van der Waals surface area contributed by atoms with Crippen molar-refractivity contribution in [2.45, 2.75) is 38.7 Å². The van der Waals surface area contributed by atoms with Crippen LogP contribution in [-0.4, -0.2) is 35.7 Å². The van der Waals surface area contributed by atoms with Crippen LogP contribution in [0.3, 0.4) is 0 Å². The third kappa shape index (κ3) is 4.02. The van der Waals surface area contributed by atoms with Crippen LogP contribution >= 0.6 is 0 Å². The van der Waals surface area contributed by atoms with E-state index in [1.165, 1.54) is 17.7 Å². The lowest BCUT2D eigenvalue weighted by Crippen LogP contribution is -2.41. The first kappa shape index (κ1) is 14.5. The Kier molecular flexibility index (Phi) is 4.94. The van der Waals surface area contributed by atoms with Gasteiger partial charge >= 0.3 is 0 Å². The number of hydrogen-bond donors (Lipinski definition) is 1. The molecule has 3 heteroatoms. The molecule has 1 aliphatic rings. The first-order valence-corrected chi connectivity index (χ1v) is 7.22. The number of likely N-dealkylation sites (tertiary alicyclic amines) is 1. The second-order valence-electron chi connectivity index (χ2n) is 5.86. The monoisotopic (exact) mass is 265 g/mol. The number of piperidine rings is 1. The molecular formula is C16H24FNO. The van der Waals surface area contributed by atoms with Crippen molar-refractivity contribution in [2.75, 3.05) is 19.6 Å². The predicted molar refractivity (Wildman–Crippen MR) is 75.7 cm³/mol. The maximum absolute atomic E-state index is 12.9. The summed E-state index contributed by atoms with van der Waals surface area (Å²) in [5, 5.41) is 9.71. The highest BCUT2D eigenvalue weighted by atomic mass is 19.1. The molecule has 1 N–H and O–H groups in total. The summed E-state index contributed by atoms with van der Waals surface area (Å²) in [6, 6.07) is 6.80. The largest absolute Gasteiger partial charge is 0.393 e. The van der Waals surface area contributed by atoms with Gasteiger partial charge in [-0.15, -0.1) is 0 Å². The summed E-state index contributed by atoms with van der Waals surface area (Å²) in [6.07, 6.45) is 2.06. The van der Waals surface area contributed by atoms with Crippen LogP contribution in [-0.2, 0) is 0 Å². The number of aliphatic hydroxyl groups excluding tert-OH is 1. The maximum atomic E-state index is 12.9. The zero-order valence-electron chi connectivity index (χ0n) is 11.8. The van der Waals surface area contributed by atoms with Gasteiger partial charge in [-0.1, -0.05) is 19.1 Å². The molecule has 0 radical (unpaired) electrons. The Hall–Kier alpha value is -0.930. The van der Waals surface area contributed by atoms with Crippen molar-refractivity contribution < 1.29 is 9.50 Å². The van der Waals surface area contributed by atoms with E-state index in [9.17, 15) is 9.50 Å². The van der Waals surface area contributed by atoms with E-state index in [4.69, 9.17) is 0 Å². The van der Waals surface area contributed by atoms with Crippen molar-refractivity contribution in [3.05, 3.63) is 35.6 Å². The molecule has 1 aromatic carbocycles. The van der Waals surface area contributed by atoms with Crippen LogP contribution in [0.2, 0.25) is 0 Å². The zero-order valence-corrected chi connectivity index (χ0v) is 11.8. The summed E-state index contributed by atoms with van der Waals surface area (Å²) in [4.78, 5) is 2.43. The number of hydrogen-bond acceptors (Lipinski definition) is 2. The standard InChI is InChI=1S/C16H24FNO/c1-12(14-5-7-16(17)8-6-14)10-18-9-3-4-15(11-18)13(2)19/h5-8,12-13,15,19H,3-4,9-11H2,1-2H3. The van der Waals surface area contributed by atoms with Crippen molar-refractivity contribution >= 4 is 0 Å². The highest BCUT2D eigenvalue weighted by molar-refractivity contribution is 5.20. The lowest BCUT2D eigenvalue weighted by molar-refractivity contribution is 0.0610. The number of nitrogens with zero attached hydrogens (tertiary/aromatic N) is 1. The van der Waals surface area contributed by atoms with Crippen molar-refractivity contribution in [3.8, 4) is 0 Å². The lowest BCUT2D eigenvalue weighted by atomic mass is 9.92. The number of benzene rings is 1. The molecule has 0 amide bonds. The second kappa shape index (κ2) is 6.49. The van der Waals surface area contributed by atoms with E-state index >= 15 is 0 Å². The topological polar surface area (TPSA) is 23.5 Å². The average Bonchev–Trinajstić information content (AvgIpc) is 2.39. The van der Waals surface area contributed by atoms with Crippen LogP contribution in [0.25, 0.3) is 0 Å². The fraction of sp³-hybridized carbons (Fsp3) is 0.625. The summed E-state index contributed by atoms with van der Waals surface area (Å²) in [6.45, 7) is 7.13. The van der Waals surface area contributed by atoms with E-state index in [0.717, 1.165) is 32.5 Å². The molecule has 3 unspecified atom stereocenters. The summed E-state index contributed by atoms with van der Waals surface area (Å²) in [5.41, 5.74) is 1.18. The van der Waals surface area contributed by atoms with Crippen molar-refractivity contribution in [1.29, 1.82) is 0 Å². The van der Waals surface area contributed by atoms with Gasteiger partial charge in [0.1, 0.15) is 5.82 Å². The molecule has 1 fully saturated rings. The minimum absolute atomic E-state index is 0.178. The molecule has 2 rings (SSSR count).